The van der Waals surface area contributed by atoms with Gasteiger partial charge in [-0.15, -0.1) is 0 Å². The number of hydrogen-bond acceptors (Lipinski definition) is 4. The molecule has 1 saturated carbocycles. The number of alkyl halides is 2. The van der Waals surface area contributed by atoms with E-state index in [-0.39, 0.29) is 30.1 Å². The molecule has 1 aromatic heterocycles. The number of carbonyl (C=O) groups is 1. The van der Waals surface area contributed by atoms with Crippen LogP contribution in [0.1, 0.15) is 29.8 Å². The van der Waals surface area contributed by atoms with Gasteiger partial charge in [0.05, 0.1) is 0 Å². The number of aromatic nitrogens is 1. The van der Waals surface area contributed by atoms with Gasteiger partial charge in [-0.2, -0.15) is 0 Å². The van der Waals surface area contributed by atoms with E-state index in [2.05, 4.69) is 10.3 Å². The first-order valence-corrected chi connectivity index (χ1v) is 6.90. The van der Waals surface area contributed by atoms with Crippen LogP contribution in [0.2, 0.25) is 0 Å². The number of nitrogens with one attached hydrogen (secondary N) is 1. The maximum absolute atomic E-state index is 12.1. The number of pyridine rings is 1. The largest absolute Gasteiger partial charge is 0.472 e. The molecule has 1 atom stereocenters. The molecule has 2 N–H and O–H groups in total. The van der Waals surface area contributed by atoms with Crippen molar-refractivity contribution in [2.75, 3.05) is 13.2 Å². The van der Waals surface area contributed by atoms with Crippen molar-refractivity contribution in [1.82, 2.24) is 10.3 Å². The van der Waals surface area contributed by atoms with Crippen LogP contribution in [0.5, 0.6) is 5.88 Å². The normalized spacial score (nSPS) is 15.8. The molecule has 116 valence electrons. The molecule has 1 aromatic rings. The van der Waals surface area contributed by atoms with Gasteiger partial charge in [-0.05, 0) is 31.2 Å². The summed E-state index contributed by atoms with van der Waals surface area (Å²) in [6.45, 7) is -0.750. The summed E-state index contributed by atoms with van der Waals surface area (Å²) in [5.41, 5.74) is 0.116. The van der Waals surface area contributed by atoms with E-state index < -0.39 is 13.0 Å². The van der Waals surface area contributed by atoms with Gasteiger partial charge in [0.1, 0.15) is 5.69 Å². The van der Waals surface area contributed by atoms with Gasteiger partial charge in [0.2, 0.25) is 5.88 Å². The summed E-state index contributed by atoms with van der Waals surface area (Å²) in [4.78, 5) is 16.0. The van der Waals surface area contributed by atoms with E-state index in [1.165, 1.54) is 18.2 Å². The number of hydrogen-bond donors (Lipinski definition) is 2. The summed E-state index contributed by atoms with van der Waals surface area (Å²) in [6, 6.07) is 4.37. The van der Waals surface area contributed by atoms with E-state index >= 15 is 0 Å². The van der Waals surface area contributed by atoms with Crippen molar-refractivity contribution < 1.29 is 23.4 Å². The molecule has 0 radical (unpaired) electrons. The van der Waals surface area contributed by atoms with Gasteiger partial charge in [0.25, 0.3) is 12.3 Å². The average molecular weight is 300 g/mol. The molecular formula is C14H18F2N2O3. The van der Waals surface area contributed by atoms with Crippen LogP contribution in [0.3, 0.4) is 0 Å². The topological polar surface area (TPSA) is 71.5 Å². The van der Waals surface area contributed by atoms with Crippen LogP contribution >= 0.6 is 0 Å². The number of aliphatic hydroxyl groups excluding tert-OH is 1. The Bertz CT molecular complexity index is 481. The predicted molar refractivity (Wildman–Crippen MR) is 71.4 cm³/mol. The highest BCUT2D eigenvalue weighted by molar-refractivity contribution is 5.92. The van der Waals surface area contributed by atoms with Gasteiger partial charge in [0, 0.05) is 18.7 Å². The number of rotatable bonds is 8. The maximum atomic E-state index is 12.1. The number of carbonyl (C=O) groups excluding carboxylic acids is 1. The zero-order valence-electron chi connectivity index (χ0n) is 11.5. The first-order valence-electron chi connectivity index (χ1n) is 6.90. The third-order valence-electron chi connectivity index (χ3n) is 3.26. The van der Waals surface area contributed by atoms with Crippen molar-refractivity contribution in [3.8, 4) is 5.88 Å². The van der Waals surface area contributed by atoms with Crippen LogP contribution < -0.4 is 10.1 Å². The Morgan fingerprint density at radius 2 is 2.24 bits per heavy atom. The van der Waals surface area contributed by atoms with Crippen LogP contribution in [0.25, 0.3) is 0 Å². The van der Waals surface area contributed by atoms with E-state index in [1.54, 1.807) is 0 Å². The Balaban J connectivity index is 1.96. The van der Waals surface area contributed by atoms with Crippen molar-refractivity contribution in [3.05, 3.63) is 23.9 Å². The quantitative estimate of drug-likeness (QED) is 0.765. The van der Waals surface area contributed by atoms with Crippen molar-refractivity contribution >= 4 is 5.91 Å². The maximum Gasteiger partial charge on any atom is 0.272 e. The van der Waals surface area contributed by atoms with Crippen molar-refractivity contribution in [2.24, 2.45) is 5.92 Å². The Labute approximate surface area is 121 Å². The molecule has 0 aliphatic heterocycles. The van der Waals surface area contributed by atoms with Crippen LogP contribution in [-0.4, -0.2) is 41.7 Å². The SMILES string of the molecule is O=C(NC(CCO)C1CC1)c1cccc(OCC(F)F)n1. The molecule has 0 spiro atoms. The summed E-state index contributed by atoms with van der Waals surface area (Å²) >= 11 is 0. The number of amides is 1. The fourth-order valence-electron chi connectivity index (χ4n) is 2.08. The molecular weight excluding hydrogens is 282 g/mol. The Hall–Kier alpha value is -1.76. The van der Waals surface area contributed by atoms with Gasteiger partial charge in [-0.1, -0.05) is 6.07 Å². The van der Waals surface area contributed by atoms with Crippen molar-refractivity contribution in [1.29, 1.82) is 0 Å². The van der Waals surface area contributed by atoms with E-state index in [1.807, 2.05) is 0 Å². The highest BCUT2D eigenvalue weighted by Crippen LogP contribution is 2.34. The molecule has 5 nitrogen and oxygen atoms in total. The lowest BCUT2D eigenvalue weighted by atomic mass is 10.1. The van der Waals surface area contributed by atoms with Crippen molar-refractivity contribution in [3.63, 3.8) is 0 Å². The Kier molecular flexibility index (Phi) is 5.44. The molecule has 1 aliphatic carbocycles. The number of nitrogens with zero attached hydrogens (tertiary/aromatic N) is 1. The predicted octanol–water partition coefficient (Wildman–Crippen LogP) is 1.62. The highest BCUT2D eigenvalue weighted by atomic mass is 19.3. The first-order chi connectivity index (χ1) is 10.1. The molecule has 1 fully saturated rings. The van der Waals surface area contributed by atoms with Gasteiger partial charge in [0.15, 0.2) is 6.61 Å². The van der Waals surface area contributed by atoms with Crippen LogP contribution in [-0.2, 0) is 0 Å². The van der Waals surface area contributed by atoms with Gasteiger partial charge in [-0.3, -0.25) is 4.79 Å². The number of halogens is 2. The van der Waals surface area contributed by atoms with Crippen molar-refractivity contribution in [2.45, 2.75) is 31.7 Å². The number of ether oxygens (including phenoxy) is 1. The molecule has 0 bridgehead atoms. The summed E-state index contributed by atoms with van der Waals surface area (Å²) in [5.74, 6) is 0.00953. The second-order valence-electron chi connectivity index (χ2n) is 4.99. The molecule has 7 heteroatoms. The molecule has 1 heterocycles. The van der Waals surface area contributed by atoms with E-state index in [9.17, 15) is 13.6 Å². The Morgan fingerprint density at radius 3 is 2.86 bits per heavy atom. The standard InChI is InChI=1S/C14H18F2N2O3/c15-12(16)8-21-13-3-1-2-11(17-13)14(20)18-10(6-7-19)9-4-5-9/h1-3,9-10,12,19H,4-8H2,(H,18,20). The first kappa shape index (κ1) is 15.6. The van der Waals surface area contributed by atoms with Gasteiger partial charge < -0.3 is 15.2 Å². The third-order valence-corrected chi connectivity index (χ3v) is 3.26. The summed E-state index contributed by atoms with van der Waals surface area (Å²) in [7, 11) is 0. The molecule has 0 aromatic carbocycles. The third kappa shape index (κ3) is 4.93. The minimum Gasteiger partial charge on any atom is -0.472 e. The zero-order chi connectivity index (χ0) is 15.2. The lowest BCUT2D eigenvalue weighted by molar-refractivity contribution is 0.0791. The average Bonchev–Trinajstić information content (AvgIpc) is 3.29. The minimum absolute atomic E-state index is 0.00636. The van der Waals surface area contributed by atoms with Crippen LogP contribution in [0, 0.1) is 5.92 Å². The summed E-state index contributed by atoms with van der Waals surface area (Å²) in [5, 5.41) is 11.8. The molecule has 2 rings (SSSR count). The zero-order valence-corrected chi connectivity index (χ0v) is 11.5. The van der Waals surface area contributed by atoms with E-state index in [0.717, 1.165) is 12.8 Å². The smallest absolute Gasteiger partial charge is 0.272 e. The minimum atomic E-state index is -2.59. The molecule has 1 aliphatic rings. The van der Waals surface area contributed by atoms with Gasteiger partial charge in [-0.25, -0.2) is 13.8 Å². The second kappa shape index (κ2) is 7.31. The van der Waals surface area contributed by atoms with Crippen LogP contribution in [0.15, 0.2) is 18.2 Å². The summed E-state index contributed by atoms with van der Waals surface area (Å²) < 4.78 is 28.9. The molecule has 1 unspecified atom stereocenters. The number of aliphatic hydroxyl groups is 1. The van der Waals surface area contributed by atoms with Gasteiger partial charge >= 0.3 is 0 Å². The lowest BCUT2D eigenvalue weighted by Crippen LogP contribution is -2.37. The highest BCUT2D eigenvalue weighted by Gasteiger charge is 2.32. The lowest BCUT2D eigenvalue weighted by Gasteiger charge is -2.17. The van der Waals surface area contributed by atoms with E-state index in [4.69, 9.17) is 9.84 Å². The fourth-order valence-corrected chi connectivity index (χ4v) is 2.08. The molecule has 21 heavy (non-hydrogen) atoms. The molecule has 0 saturated heterocycles. The monoisotopic (exact) mass is 300 g/mol. The van der Waals surface area contributed by atoms with E-state index in [0.29, 0.717) is 12.3 Å². The summed E-state index contributed by atoms with van der Waals surface area (Å²) in [6.07, 6.45) is -0.0165. The fraction of sp³-hybridized carbons (Fsp3) is 0.571. The van der Waals surface area contributed by atoms with Crippen LogP contribution in [0.4, 0.5) is 8.78 Å². The molecule has 1 amide bonds. The Morgan fingerprint density at radius 1 is 1.48 bits per heavy atom. The second-order valence-corrected chi connectivity index (χ2v) is 4.99.